The number of ether oxygens (including phenoxy) is 1. The van der Waals surface area contributed by atoms with Crippen molar-refractivity contribution in [1.82, 2.24) is 4.98 Å². The summed E-state index contributed by atoms with van der Waals surface area (Å²) in [6.45, 7) is 3.45. The number of nitrogens with two attached hydrogens (primary N) is 1. The number of hydrogen-bond donors (Lipinski definition) is 4. The molecule has 1 aliphatic rings. The minimum Gasteiger partial charge on any atom is -0.457 e. The second kappa shape index (κ2) is 11.3. The molecule has 1 aliphatic carbocycles. The minimum atomic E-state index is -1.18. The average molecular weight is 522 g/mol. The SMILES string of the molecule is CC(C)C[C@H](C(=O)Nc1cc([C@H](O)CO)cc(-c2ccc(Oc3ccc(F)cc3)cc2)n1)C1(C(N)=O)CC1. The van der Waals surface area contributed by atoms with E-state index in [1.54, 1.807) is 30.3 Å². The number of halogens is 1. The van der Waals surface area contributed by atoms with E-state index < -0.39 is 30.0 Å². The first kappa shape index (κ1) is 27.2. The predicted octanol–water partition coefficient (Wildman–Crippen LogP) is 4.57. The smallest absolute Gasteiger partial charge is 0.229 e. The molecule has 2 aromatic carbocycles. The zero-order valence-corrected chi connectivity index (χ0v) is 21.4. The van der Waals surface area contributed by atoms with E-state index in [0.717, 1.165) is 0 Å². The van der Waals surface area contributed by atoms with Crippen LogP contribution in [0.5, 0.6) is 11.5 Å². The monoisotopic (exact) mass is 521 g/mol. The van der Waals surface area contributed by atoms with Crippen molar-refractivity contribution in [1.29, 1.82) is 0 Å². The van der Waals surface area contributed by atoms with Crippen LogP contribution in [0.4, 0.5) is 10.2 Å². The Morgan fingerprint density at radius 2 is 1.68 bits per heavy atom. The van der Waals surface area contributed by atoms with Crippen molar-refractivity contribution in [3.63, 3.8) is 0 Å². The van der Waals surface area contributed by atoms with Crippen LogP contribution in [0.1, 0.15) is 44.8 Å². The number of aliphatic hydroxyl groups excluding tert-OH is 2. The molecule has 0 radical (unpaired) electrons. The molecule has 2 amide bonds. The summed E-state index contributed by atoms with van der Waals surface area (Å²) in [4.78, 5) is 30.1. The van der Waals surface area contributed by atoms with Gasteiger partial charge in [-0.25, -0.2) is 9.37 Å². The maximum Gasteiger partial charge on any atom is 0.229 e. The Kier molecular flexibility index (Phi) is 8.08. The molecule has 3 aromatic rings. The van der Waals surface area contributed by atoms with Gasteiger partial charge in [0.05, 0.1) is 23.6 Å². The van der Waals surface area contributed by atoms with Gasteiger partial charge in [-0.05, 0) is 91.4 Å². The maximum atomic E-state index is 13.4. The van der Waals surface area contributed by atoms with E-state index >= 15 is 0 Å². The van der Waals surface area contributed by atoms with Crippen molar-refractivity contribution in [2.24, 2.45) is 23.0 Å². The van der Waals surface area contributed by atoms with Crippen molar-refractivity contribution in [3.05, 3.63) is 72.0 Å². The lowest BCUT2D eigenvalue weighted by atomic mass is 9.81. The topological polar surface area (TPSA) is 135 Å². The number of primary amides is 1. The van der Waals surface area contributed by atoms with E-state index in [4.69, 9.17) is 10.5 Å². The minimum absolute atomic E-state index is 0.171. The lowest BCUT2D eigenvalue weighted by Crippen LogP contribution is -2.39. The van der Waals surface area contributed by atoms with E-state index in [1.807, 2.05) is 13.8 Å². The first-order valence-electron chi connectivity index (χ1n) is 12.6. The molecule has 1 aromatic heterocycles. The fourth-order valence-corrected chi connectivity index (χ4v) is 4.56. The fourth-order valence-electron chi connectivity index (χ4n) is 4.56. The third-order valence-corrected chi connectivity index (χ3v) is 6.83. The molecular formula is C29H32FN3O5. The molecule has 1 heterocycles. The highest BCUT2D eigenvalue weighted by Gasteiger charge is 2.57. The highest BCUT2D eigenvalue weighted by Crippen LogP contribution is 2.54. The molecule has 0 unspecified atom stereocenters. The Morgan fingerprint density at radius 3 is 2.21 bits per heavy atom. The van der Waals surface area contributed by atoms with Gasteiger partial charge in [0.1, 0.15) is 29.2 Å². The number of pyridine rings is 1. The quantitative estimate of drug-likeness (QED) is 0.292. The summed E-state index contributed by atoms with van der Waals surface area (Å²) in [5.41, 5.74) is 6.32. The Bertz CT molecular complexity index is 1290. The van der Waals surface area contributed by atoms with Gasteiger partial charge in [0.2, 0.25) is 11.8 Å². The number of anilines is 1. The second-order valence-corrected chi connectivity index (χ2v) is 10.1. The van der Waals surface area contributed by atoms with E-state index in [2.05, 4.69) is 10.3 Å². The molecule has 200 valence electrons. The molecule has 1 saturated carbocycles. The maximum absolute atomic E-state index is 13.4. The molecule has 0 aliphatic heterocycles. The van der Waals surface area contributed by atoms with Gasteiger partial charge in [-0.15, -0.1) is 0 Å². The number of rotatable bonds is 11. The molecule has 0 bridgehead atoms. The second-order valence-electron chi connectivity index (χ2n) is 10.1. The standard InChI is InChI=1S/C29H32FN3O5/c1-17(2)13-23(29(11-12-29)28(31)37)27(36)33-26-15-19(25(35)16-34)14-24(32-26)18-3-7-21(8-4-18)38-22-9-5-20(30)6-10-22/h3-10,14-15,17,23,25,34-35H,11-13,16H2,1-2H3,(H2,31,37)(H,32,33,36)/t23-,25-/m1/s1. The van der Waals surface area contributed by atoms with Crippen LogP contribution in [0.3, 0.4) is 0 Å². The highest BCUT2D eigenvalue weighted by atomic mass is 19.1. The zero-order valence-electron chi connectivity index (χ0n) is 21.4. The van der Waals surface area contributed by atoms with Gasteiger partial charge in [0.15, 0.2) is 0 Å². The van der Waals surface area contributed by atoms with Crippen molar-refractivity contribution in [2.45, 2.75) is 39.2 Å². The average Bonchev–Trinajstić information content (AvgIpc) is 3.70. The van der Waals surface area contributed by atoms with Gasteiger partial charge in [-0.2, -0.15) is 0 Å². The van der Waals surface area contributed by atoms with Gasteiger partial charge in [0, 0.05) is 5.56 Å². The summed E-state index contributed by atoms with van der Waals surface area (Å²) in [5, 5.41) is 22.7. The van der Waals surface area contributed by atoms with Crippen LogP contribution in [-0.4, -0.2) is 33.6 Å². The van der Waals surface area contributed by atoms with Gasteiger partial charge < -0.3 is 26.0 Å². The van der Waals surface area contributed by atoms with Gasteiger partial charge >= 0.3 is 0 Å². The van der Waals surface area contributed by atoms with E-state index in [1.165, 1.54) is 30.3 Å². The molecule has 0 spiro atoms. The molecule has 38 heavy (non-hydrogen) atoms. The molecule has 1 fully saturated rings. The lowest BCUT2D eigenvalue weighted by Gasteiger charge is -2.25. The molecule has 9 heteroatoms. The Morgan fingerprint density at radius 1 is 1.08 bits per heavy atom. The highest BCUT2D eigenvalue weighted by molar-refractivity contribution is 5.98. The van der Waals surface area contributed by atoms with Gasteiger partial charge in [0.25, 0.3) is 0 Å². The van der Waals surface area contributed by atoms with Gasteiger partial charge in [-0.1, -0.05) is 13.8 Å². The summed E-state index contributed by atoms with van der Waals surface area (Å²) in [5.74, 6) is -0.413. The van der Waals surface area contributed by atoms with Crippen LogP contribution in [-0.2, 0) is 9.59 Å². The van der Waals surface area contributed by atoms with Crippen LogP contribution >= 0.6 is 0 Å². The third-order valence-electron chi connectivity index (χ3n) is 6.83. The molecule has 4 rings (SSSR count). The van der Waals surface area contributed by atoms with Crippen LogP contribution in [0.25, 0.3) is 11.3 Å². The molecule has 2 atom stereocenters. The van der Waals surface area contributed by atoms with Gasteiger partial charge in [-0.3, -0.25) is 9.59 Å². The van der Waals surface area contributed by atoms with E-state index in [0.29, 0.717) is 47.6 Å². The van der Waals surface area contributed by atoms with E-state index in [-0.39, 0.29) is 23.5 Å². The largest absolute Gasteiger partial charge is 0.457 e. The van der Waals surface area contributed by atoms with Crippen LogP contribution in [0.15, 0.2) is 60.7 Å². The normalized spacial score (nSPS) is 15.5. The first-order valence-corrected chi connectivity index (χ1v) is 12.6. The number of carbonyl (C=O) groups excluding carboxylic acids is 2. The summed E-state index contributed by atoms with van der Waals surface area (Å²) in [6, 6.07) is 15.8. The number of nitrogens with zero attached hydrogens (tertiary/aromatic N) is 1. The fraction of sp³-hybridized carbons (Fsp3) is 0.345. The first-order chi connectivity index (χ1) is 18.1. The Balaban J connectivity index is 1.60. The third kappa shape index (κ3) is 6.17. The summed E-state index contributed by atoms with van der Waals surface area (Å²) in [7, 11) is 0. The number of hydrogen-bond acceptors (Lipinski definition) is 6. The predicted molar refractivity (Wildman–Crippen MR) is 141 cm³/mol. The number of amides is 2. The van der Waals surface area contributed by atoms with Crippen molar-refractivity contribution >= 4 is 17.6 Å². The van der Waals surface area contributed by atoms with Crippen LogP contribution < -0.4 is 15.8 Å². The van der Waals surface area contributed by atoms with Crippen molar-refractivity contribution in [3.8, 4) is 22.8 Å². The number of nitrogens with one attached hydrogen (secondary N) is 1. The molecule has 8 nitrogen and oxygen atoms in total. The van der Waals surface area contributed by atoms with Crippen molar-refractivity contribution in [2.75, 3.05) is 11.9 Å². The number of benzene rings is 2. The molecule has 0 saturated heterocycles. The number of carbonyl (C=O) groups is 2. The van der Waals surface area contributed by atoms with E-state index in [9.17, 15) is 24.2 Å². The zero-order chi connectivity index (χ0) is 27.4. The Labute approximate surface area is 220 Å². The van der Waals surface area contributed by atoms with Crippen LogP contribution in [0.2, 0.25) is 0 Å². The number of aromatic nitrogens is 1. The summed E-state index contributed by atoms with van der Waals surface area (Å²) >= 11 is 0. The van der Waals surface area contributed by atoms with Crippen molar-refractivity contribution < 1.29 is 28.9 Å². The molecular weight excluding hydrogens is 489 g/mol. The molecule has 5 N–H and O–H groups in total. The number of aliphatic hydroxyl groups is 2. The summed E-state index contributed by atoms with van der Waals surface area (Å²) in [6.07, 6.45) is 0.458. The summed E-state index contributed by atoms with van der Waals surface area (Å²) < 4.78 is 18.9. The lowest BCUT2D eigenvalue weighted by molar-refractivity contribution is -0.132. The van der Waals surface area contributed by atoms with Crippen LogP contribution in [0, 0.1) is 23.1 Å². The Hall–Kier alpha value is -3.82.